The van der Waals surface area contributed by atoms with Crippen LogP contribution >= 0.6 is 12.2 Å². The van der Waals surface area contributed by atoms with E-state index in [4.69, 9.17) is 12.2 Å². The number of carbonyl (C=O) groups excluding carboxylic acids is 1. The number of nitrogens with one attached hydrogen (secondary N) is 3. The molecule has 34 heavy (non-hydrogen) atoms. The number of rotatable bonds is 7. The van der Waals surface area contributed by atoms with Crippen molar-refractivity contribution in [1.29, 1.82) is 0 Å². The summed E-state index contributed by atoms with van der Waals surface area (Å²) in [4.78, 5) is 12.6. The Hall–Kier alpha value is -3.23. The van der Waals surface area contributed by atoms with Gasteiger partial charge in [-0.15, -0.1) is 0 Å². The van der Waals surface area contributed by atoms with Crippen molar-refractivity contribution in [2.75, 3.05) is 10.0 Å². The zero-order chi connectivity index (χ0) is 24.9. The van der Waals surface area contributed by atoms with E-state index < -0.39 is 10.0 Å². The summed E-state index contributed by atoms with van der Waals surface area (Å²) in [5.41, 5.74) is 4.84. The summed E-state index contributed by atoms with van der Waals surface area (Å²) in [5.74, 6) is 0.228. The first-order chi connectivity index (χ1) is 16.0. The molecule has 0 atom stereocenters. The van der Waals surface area contributed by atoms with Crippen LogP contribution in [-0.2, 0) is 16.4 Å². The Kier molecular flexibility index (Phi) is 8.06. The molecule has 0 fully saturated rings. The van der Waals surface area contributed by atoms with Gasteiger partial charge in [-0.2, -0.15) is 0 Å². The third-order valence-electron chi connectivity index (χ3n) is 5.27. The number of thiocarbonyl (C=S) groups is 1. The van der Waals surface area contributed by atoms with Gasteiger partial charge in [-0.3, -0.25) is 14.8 Å². The number of benzene rings is 3. The van der Waals surface area contributed by atoms with Crippen LogP contribution in [0.2, 0.25) is 0 Å². The van der Waals surface area contributed by atoms with Crippen molar-refractivity contribution in [3.05, 3.63) is 89.0 Å². The molecule has 0 saturated heterocycles. The van der Waals surface area contributed by atoms with Gasteiger partial charge in [0.2, 0.25) is 0 Å². The van der Waals surface area contributed by atoms with Crippen molar-refractivity contribution in [2.45, 2.75) is 39.0 Å². The Morgan fingerprint density at radius 3 is 2.09 bits per heavy atom. The van der Waals surface area contributed by atoms with Crippen LogP contribution in [0.1, 0.15) is 40.9 Å². The zero-order valence-corrected chi connectivity index (χ0v) is 21.3. The number of sulfonamides is 1. The number of carbonyl (C=O) groups is 1. The Balaban J connectivity index is 1.59. The Morgan fingerprint density at radius 1 is 0.882 bits per heavy atom. The monoisotopic (exact) mass is 495 g/mol. The molecule has 3 N–H and O–H groups in total. The number of anilines is 2. The van der Waals surface area contributed by atoms with E-state index in [0.717, 1.165) is 17.5 Å². The minimum Gasteiger partial charge on any atom is -0.332 e. The van der Waals surface area contributed by atoms with Gasteiger partial charge >= 0.3 is 0 Å². The van der Waals surface area contributed by atoms with Crippen LogP contribution in [-0.4, -0.2) is 19.4 Å². The SMILES string of the molecule is Cc1ccc(NS(=O)(=O)c2ccc(NC(=S)NC(=O)c3ccc(CC(C)C)cc3)cc2)cc1C. The number of amides is 1. The van der Waals surface area contributed by atoms with Crippen LogP contribution in [0, 0.1) is 19.8 Å². The summed E-state index contributed by atoms with van der Waals surface area (Å²) in [6.45, 7) is 8.19. The van der Waals surface area contributed by atoms with Crippen LogP contribution in [0.25, 0.3) is 0 Å². The Labute approximate surface area is 206 Å². The first-order valence-corrected chi connectivity index (χ1v) is 12.8. The maximum absolute atomic E-state index is 12.7. The smallest absolute Gasteiger partial charge is 0.261 e. The summed E-state index contributed by atoms with van der Waals surface area (Å²) < 4.78 is 28.0. The highest BCUT2D eigenvalue weighted by atomic mass is 32.2. The summed E-state index contributed by atoms with van der Waals surface area (Å²) in [5, 5.41) is 5.67. The summed E-state index contributed by atoms with van der Waals surface area (Å²) in [6.07, 6.45) is 0.952. The lowest BCUT2D eigenvalue weighted by Gasteiger charge is -2.12. The average molecular weight is 496 g/mol. The highest BCUT2D eigenvalue weighted by Gasteiger charge is 2.15. The van der Waals surface area contributed by atoms with Gasteiger partial charge in [0.05, 0.1) is 4.90 Å². The largest absolute Gasteiger partial charge is 0.332 e. The molecule has 0 unspecified atom stereocenters. The van der Waals surface area contributed by atoms with E-state index in [2.05, 4.69) is 29.2 Å². The lowest BCUT2D eigenvalue weighted by atomic mass is 10.0. The fraction of sp³-hybridized carbons (Fsp3) is 0.231. The predicted octanol–water partition coefficient (Wildman–Crippen LogP) is 5.43. The molecule has 1 amide bonds. The molecule has 178 valence electrons. The molecular weight excluding hydrogens is 466 g/mol. The minimum atomic E-state index is -3.73. The van der Waals surface area contributed by atoms with Crippen molar-refractivity contribution >= 4 is 44.6 Å². The first kappa shape index (κ1) is 25.4. The number of aryl methyl sites for hydroxylation is 2. The quantitative estimate of drug-likeness (QED) is 0.381. The van der Waals surface area contributed by atoms with E-state index in [0.29, 0.717) is 22.9 Å². The molecule has 0 radical (unpaired) electrons. The molecule has 6 nitrogen and oxygen atoms in total. The third kappa shape index (κ3) is 6.88. The van der Waals surface area contributed by atoms with E-state index in [1.165, 1.54) is 17.7 Å². The molecule has 3 aromatic rings. The summed E-state index contributed by atoms with van der Waals surface area (Å²) in [6, 6.07) is 19.0. The van der Waals surface area contributed by atoms with E-state index in [1.54, 1.807) is 36.4 Å². The molecule has 0 bridgehead atoms. The van der Waals surface area contributed by atoms with Gasteiger partial charge in [0.1, 0.15) is 0 Å². The normalized spacial score (nSPS) is 11.2. The standard InChI is InChI=1S/C26H29N3O3S2/c1-17(2)15-20-6-8-21(9-7-20)25(30)28-26(33)27-22-11-13-24(14-12-22)34(31,32)29-23-10-5-18(3)19(4)16-23/h5-14,16-17,29H,15H2,1-4H3,(H2,27,28,30,33). The van der Waals surface area contributed by atoms with Crippen molar-refractivity contribution in [3.63, 3.8) is 0 Å². The molecule has 0 spiro atoms. The van der Waals surface area contributed by atoms with Crippen LogP contribution in [0.5, 0.6) is 0 Å². The zero-order valence-electron chi connectivity index (χ0n) is 19.7. The molecule has 0 aliphatic rings. The van der Waals surface area contributed by atoms with E-state index in [9.17, 15) is 13.2 Å². The van der Waals surface area contributed by atoms with Crippen molar-refractivity contribution < 1.29 is 13.2 Å². The lowest BCUT2D eigenvalue weighted by molar-refractivity contribution is 0.0977. The fourth-order valence-corrected chi connectivity index (χ4v) is 4.60. The van der Waals surface area contributed by atoms with Gasteiger partial charge in [0.25, 0.3) is 15.9 Å². The van der Waals surface area contributed by atoms with E-state index in [-0.39, 0.29) is 15.9 Å². The maximum atomic E-state index is 12.7. The molecule has 3 rings (SSSR count). The number of hydrogen-bond acceptors (Lipinski definition) is 4. The third-order valence-corrected chi connectivity index (χ3v) is 6.87. The van der Waals surface area contributed by atoms with Crippen LogP contribution < -0.4 is 15.4 Å². The van der Waals surface area contributed by atoms with Crippen molar-refractivity contribution in [2.24, 2.45) is 5.92 Å². The molecule has 3 aromatic carbocycles. The highest BCUT2D eigenvalue weighted by molar-refractivity contribution is 7.92. The molecular formula is C26H29N3O3S2. The lowest BCUT2D eigenvalue weighted by Crippen LogP contribution is -2.34. The highest BCUT2D eigenvalue weighted by Crippen LogP contribution is 2.20. The minimum absolute atomic E-state index is 0.118. The predicted molar refractivity (Wildman–Crippen MR) is 142 cm³/mol. The van der Waals surface area contributed by atoms with Crippen LogP contribution in [0.4, 0.5) is 11.4 Å². The van der Waals surface area contributed by atoms with Gasteiger partial charge in [-0.1, -0.05) is 32.0 Å². The first-order valence-electron chi connectivity index (χ1n) is 10.9. The molecule has 0 aliphatic carbocycles. The van der Waals surface area contributed by atoms with Gasteiger partial charge in [-0.05, 0) is 104 Å². The molecule has 0 saturated carbocycles. The Bertz CT molecular complexity index is 1280. The topological polar surface area (TPSA) is 87.3 Å². The van der Waals surface area contributed by atoms with Gasteiger partial charge in [0.15, 0.2) is 5.11 Å². The van der Waals surface area contributed by atoms with Crippen molar-refractivity contribution in [1.82, 2.24) is 5.32 Å². The van der Waals surface area contributed by atoms with E-state index in [1.807, 2.05) is 32.0 Å². The van der Waals surface area contributed by atoms with Gasteiger partial charge < -0.3 is 5.32 Å². The second-order valence-electron chi connectivity index (χ2n) is 8.63. The summed E-state index contributed by atoms with van der Waals surface area (Å²) in [7, 11) is -3.73. The summed E-state index contributed by atoms with van der Waals surface area (Å²) >= 11 is 5.24. The second kappa shape index (κ2) is 10.8. The van der Waals surface area contributed by atoms with E-state index >= 15 is 0 Å². The van der Waals surface area contributed by atoms with Gasteiger partial charge in [0, 0.05) is 16.9 Å². The fourth-order valence-electron chi connectivity index (χ4n) is 3.34. The van der Waals surface area contributed by atoms with Gasteiger partial charge in [-0.25, -0.2) is 8.42 Å². The number of hydrogen-bond donors (Lipinski definition) is 3. The molecule has 0 heterocycles. The average Bonchev–Trinajstić information content (AvgIpc) is 2.76. The molecule has 8 heteroatoms. The second-order valence-corrected chi connectivity index (χ2v) is 10.7. The van der Waals surface area contributed by atoms with Crippen LogP contribution in [0.15, 0.2) is 71.6 Å². The molecule has 0 aliphatic heterocycles. The Morgan fingerprint density at radius 2 is 1.50 bits per heavy atom. The molecule has 0 aromatic heterocycles. The maximum Gasteiger partial charge on any atom is 0.261 e. The van der Waals surface area contributed by atoms with Crippen molar-refractivity contribution in [3.8, 4) is 0 Å². The van der Waals surface area contributed by atoms with Crippen LogP contribution in [0.3, 0.4) is 0 Å².